The van der Waals surface area contributed by atoms with Crippen LogP contribution in [0.3, 0.4) is 0 Å². The lowest BCUT2D eigenvalue weighted by Gasteiger charge is -2.22. The summed E-state index contributed by atoms with van der Waals surface area (Å²) in [6.45, 7) is 3.50. The van der Waals surface area contributed by atoms with Crippen molar-refractivity contribution in [2.75, 3.05) is 18.8 Å². The summed E-state index contributed by atoms with van der Waals surface area (Å²) < 4.78 is 13.4. The van der Waals surface area contributed by atoms with Gasteiger partial charge in [-0.3, -0.25) is 4.79 Å². The lowest BCUT2D eigenvalue weighted by atomic mass is 10.1. The molecule has 1 saturated carbocycles. The predicted molar refractivity (Wildman–Crippen MR) is 69.7 cm³/mol. The number of rotatable bonds is 5. The maximum atomic E-state index is 13.4. The fourth-order valence-corrected chi connectivity index (χ4v) is 2.05. The first-order chi connectivity index (χ1) is 8.63. The Balaban J connectivity index is 2.17. The first kappa shape index (κ1) is 12.9. The Kier molecular flexibility index (Phi) is 3.84. The molecule has 1 fully saturated rings. The van der Waals surface area contributed by atoms with Crippen LogP contribution in [0.4, 0.5) is 10.1 Å². The zero-order valence-electron chi connectivity index (χ0n) is 10.7. The quantitative estimate of drug-likeness (QED) is 0.817. The molecule has 0 heterocycles. The van der Waals surface area contributed by atoms with Crippen LogP contribution in [0.2, 0.25) is 0 Å². The molecule has 3 nitrogen and oxygen atoms in total. The molecule has 1 aromatic carbocycles. The van der Waals surface area contributed by atoms with Gasteiger partial charge in [0.15, 0.2) is 0 Å². The maximum Gasteiger partial charge on any atom is 0.256 e. The lowest BCUT2D eigenvalue weighted by molar-refractivity contribution is 0.0748. The average Bonchev–Trinajstić information content (AvgIpc) is 3.15. The van der Waals surface area contributed by atoms with Gasteiger partial charge in [-0.25, -0.2) is 4.39 Å². The molecule has 98 valence electrons. The third-order valence-electron chi connectivity index (χ3n) is 3.24. The fourth-order valence-electron chi connectivity index (χ4n) is 2.05. The molecule has 0 radical (unpaired) electrons. The summed E-state index contributed by atoms with van der Waals surface area (Å²) >= 11 is 0. The Morgan fingerprint density at radius 2 is 2.22 bits per heavy atom. The summed E-state index contributed by atoms with van der Waals surface area (Å²) in [5, 5.41) is 0. The van der Waals surface area contributed by atoms with Crippen LogP contribution in [0.1, 0.15) is 36.5 Å². The number of nitrogens with zero attached hydrogens (tertiary/aromatic N) is 1. The summed E-state index contributed by atoms with van der Waals surface area (Å²) in [6.07, 6.45) is 3.27. The number of halogens is 1. The summed E-state index contributed by atoms with van der Waals surface area (Å²) in [4.78, 5) is 14.1. The van der Waals surface area contributed by atoms with E-state index in [9.17, 15) is 9.18 Å². The van der Waals surface area contributed by atoms with E-state index in [2.05, 4.69) is 0 Å². The molecule has 0 atom stereocenters. The Morgan fingerprint density at radius 1 is 1.50 bits per heavy atom. The molecule has 0 bridgehead atoms. The number of amides is 1. The highest BCUT2D eigenvalue weighted by Gasteiger charge is 2.27. The van der Waals surface area contributed by atoms with Gasteiger partial charge >= 0.3 is 0 Å². The van der Waals surface area contributed by atoms with Crippen LogP contribution in [-0.2, 0) is 0 Å². The number of carbonyl (C=O) groups excluding carboxylic acids is 1. The summed E-state index contributed by atoms with van der Waals surface area (Å²) in [6, 6.07) is 4.40. The minimum atomic E-state index is -0.524. The van der Waals surface area contributed by atoms with Gasteiger partial charge in [0.25, 0.3) is 5.91 Å². The van der Waals surface area contributed by atoms with Crippen LogP contribution in [0.15, 0.2) is 18.2 Å². The van der Waals surface area contributed by atoms with Crippen molar-refractivity contribution < 1.29 is 9.18 Å². The molecule has 0 saturated heterocycles. The van der Waals surface area contributed by atoms with Gasteiger partial charge in [-0.15, -0.1) is 0 Å². The third-order valence-corrected chi connectivity index (χ3v) is 3.24. The fraction of sp³-hybridized carbons (Fsp3) is 0.500. The molecule has 1 amide bonds. The van der Waals surface area contributed by atoms with E-state index < -0.39 is 5.82 Å². The molecule has 2 N–H and O–H groups in total. The SMILES string of the molecule is CCCN(CC1CC1)C(=O)c1cccc(F)c1N. The number of carbonyl (C=O) groups is 1. The van der Waals surface area contributed by atoms with Crippen molar-refractivity contribution in [2.45, 2.75) is 26.2 Å². The van der Waals surface area contributed by atoms with Crippen LogP contribution in [-0.4, -0.2) is 23.9 Å². The number of para-hydroxylation sites is 1. The van der Waals surface area contributed by atoms with E-state index in [1.54, 1.807) is 11.0 Å². The Hall–Kier alpha value is -1.58. The second-order valence-corrected chi connectivity index (χ2v) is 4.90. The minimum absolute atomic E-state index is 0.0422. The molecule has 1 aromatic rings. The van der Waals surface area contributed by atoms with E-state index in [1.807, 2.05) is 6.92 Å². The van der Waals surface area contributed by atoms with Gasteiger partial charge in [-0.2, -0.15) is 0 Å². The molecule has 0 aromatic heterocycles. The zero-order chi connectivity index (χ0) is 13.1. The predicted octanol–water partition coefficient (Wildman–Crippen LogP) is 2.67. The van der Waals surface area contributed by atoms with Crippen LogP contribution in [0.5, 0.6) is 0 Å². The monoisotopic (exact) mass is 250 g/mol. The molecule has 1 aliphatic rings. The van der Waals surface area contributed by atoms with Crippen molar-refractivity contribution in [3.05, 3.63) is 29.6 Å². The molecule has 0 unspecified atom stereocenters. The van der Waals surface area contributed by atoms with Crippen molar-refractivity contribution in [1.82, 2.24) is 4.90 Å². The summed E-state index contributed by atoms with van der Waals surface area (Å²) in [5.74, 6) is -0.0558. The molecule has 1 aliphatic carbocycles. The molecule has 18 heavy (non-hydrogen) atoms. The minimum Gasteiger partial charge on any atom is -0.396 e. The Labute approximate surface area is 107 Å². The highest BCUT2D eigenvalue weighted by atomic mass is 19.1. The van der Waals surface area contributed by atoms with Gasteiger partial charge in [-0.1, -0.05) is 13.0 Å². The number of hydrogen-bond acceptors (Lipinski definition) is 2. The van der Waals surface area contributed by atoms with E-state index in [0.29, 0.717) is 12.5 Å². The molecule has 4 heteroatoms. The molecular formula is C14H19FN2O. The van der Waals surface area contributed by atoms with Crippen LogP contribution in [0, 0.1) is 11.7 Å². The normalized spacial score (nSPS) is 14.6. The van der Waals surface area contributed by atoms with Crippen LogP contribution >= 0.6 is 0 Å². The highest BCUT2D eigenvalue weighted by Crippen LogP contribution is 2.30. The first-order valence-corrected chi connectivity index (χ1v) is 6.46. The third kappa shape index (κ3) is 2.81. The number of nitrogens with two attached hydrogens (primary N) is 1. The standard InChI is InChI=1S/C14H19FN2O/c1-2-8-17(9-10-6-7-10)14(18)11-4-3-5-12(15)13(11)16/h3-5,10H,2,6-9,16H2,1H3. The molecule has 0 aliphatic heterocycles. The van der Waals surface area contributed by atoms with E-state index in [1.165, 1.54) is 25.0 Å². The highest BCUT2D eigenvalue weighted by molar-refractivity contribution is 5.99. The first-order valence-electron chi connectivity index (χ1n) is 6.46. The molecule has 2 rings (SSSR count). The second-order valence-electron chi connectivity index (χ2n) is 4.90. The average molecular weight is 250 g/mol. The van der Waals surface area contributed by atoms with Gasteiger partial charge in [0.2, 0.25) is 0 Å². The number of hydrogen-bond donors (Lipinski definition) is 1. The van der Waals surface area contributed by atoms with E-state index in [4.69, 9.17) is 5.73 Å². The smallest absolute Gasteiger partial charge is 0.256 e. The van der Waals surface area contributed by atoms with E-state index >= 15 is 0 Å². The number of anilines is 1. The van der Waals surface area contributed by atoms with Gasteiger partial charge in [0.1, 0.15) is 5.82 Å². The number of nitrogen functional groups attached to an aromatic ring is 1. The summed E-state index contributed by atoms with van der Waals surface area (Å²) in [7, 11) is 0. The zero-order valence-corrected chi connectivity index (χ0v) is 10.7. The Morgan fingerprint density at radius 3 is 2.83 bits per heavy atom. The van der Waals surface area contributed by atoms with Gasteiger partial charge in [-0.05, 0) is 37.3 Å². The van der Waals surface area contributed by atoms with Gasteiger partial charge < -0.3 is 10.6 Å². The van der Waals surface area contributed by atoms with E-state index in [-0.39, 0.29) is 17.2 Å². The summed E-state index contributed by atoms with van der Waals surface area (Å²) in [5.41, 5.74) is 5.88. The second kappa shape index (κ2) is 5.38. The van der Waals surface area contributed by atoms with Crippen molar-refractivity contribution in [3.8, 4) is 0 Å². The van der Waals surface area contributed by atoms with Crippen LogP contribution < -0.4 is 5.73 Å². The molecule has 0 spiro atoms. The van der Waals surface area contributed by atoms with Gasteiger partial charge in [0, 0.05) is 13.1 Å². The largest absolute Gasteiger partial charge is 0.396 e. The van der Waals surface area contributed by atoms with E-state index in [0.717, 1.165) is 13.0 Å². The van der Waals surface area contributed by atoms with Crippen molar-refractivity contribution in [2.24, 2.45) is 5.92 Å². The number of benzene rings is 1. The van der Waals surface area contributed by atoms with Crippen molar-refractivity contribution in [3.63, 3.8) is 0 Å². The van der Waals surface area contributed by atoms with Crippen molar-refractivity contribution in [1.29, 1.82) is 0 Å². The topological polar surface area (TPSA) is 46.3 Å². The molecular weight excluding hydrogens is 231 g/mol. The van der Waals surface area contributed by atoms with Crippen LogP contribution in [0.25, 0.3) is 0 Å². The van der Waals surface area contributed by atoms with Gasteiger partial charge in [0.05, 0.1) is 11.3 Å². The Bertz CT molecular complexity index is 443. The maximum absolute atomic E-state index is 13.4. The lowest BCUT2D eigenvalue weighted by Crippen LogP contribution is -2.34. The van der Waals surface area contributed by atoms with Crippen molar-refractivity contribution >= 4 is 11.6 Å².